The van der Waals surface area contributed by atoms with Crippen LogP contribution in [-0.2, 0) is 6.54 Å². The predicted molar refractivity (Wildman–Crippen MR) is 88.2 cm³/mol. The third kappa shape index (κ3) is 2.82. The highest BCUT2D eigenvalue weighted by molar-refractivity contribution is 5.94. The Morgan fingerprint density at radius 3 is 2.48 bits per heavy atom. The molecule has 0 bridgehead atoms. The van der Waals surface area contributed by atoms with Crippen LogP contribution < -0.4 is 5.32 Å². The van der Waals surface area contributed by atoms with Crippen molar-refractivity contribution in [3.63, 3.8) is 0 Å². The molecule has 2 N–H and O–H groups in total. The van der Waals surface area contributed by atoms with E-state index >= 15 is 0 Å². The zero-order chi connectivity index (χ0) is 14.4. The summed E-state index contributed by atoms with van der Waals surface area (Å²) in [6.07, 6.45) is 1.99. The summed E-state index contributed by atoms with van der Waals surface area (Å²) in [4.78, 5) is 0. The molecule has 3 rings (SSSR count). The van der Waals surface area contributed by atoms with Crippen molar-refractivity contribution in [3.8, 4) is 0 Å². The topological polar surface area (TPSA) is 44.6 Å². The van der Waals surface area contributed by atoms with E-state index in [-0.39, 0.29) is 17.9 Å². The lowest BCUT2D eigenvalue weighted by atomic mass is 9.81. The Labute approximate surface area is 133 Å². The zero-order valence-corrected chi connectivity index (χ0v) is 13.8. The second-order valence-corrected chi connectivity index (χ2v) is 7.16. The van der Waals surface area contributed by atoms with Crippen molar-refractivity contribution in [2.45, 2.75) is 45.7 Å². The average molecular weight is 309 g/mol. The molecule has 0 heterocycles. The summed E-state index contributed by atoms with van der Waals surface area (Å²) >= 11 is 0. The van der Waals surface area contributed by atoms with Crippen LogP contribution in [0.4, 0.5) is 0 Å². The summed E-state index contributed by atoms with van der Waals surface area (Å²) in [6, 6.07) is 10.4. The first-order chi connectivity index (χ1) is 9.47. The molecule has 0 aromatic heterocycles. The van der Waals surface area contributed by atoms with E-state index in [1.165, 1.54) is 5.56 Å². The third-order valence-corrected chi connectivity index (χ3v) is 5.61. The molecule has 2 saturated carbocycles. The van der Waals surface area contributed by atoms with Gasteiger partial charge in [0.25, 0.3) is 0 Å². The number of hydrogen-bond donors (Lipinski definition) is 2. The number of nitrogens with zero attached hydrogens (tertiary/aromatic N) is 1. The maximum absolute atomic E-state index is 9.38. The van der Waals surface area contributed by atoms with Crippen LogP contribution in [0.2, 0.25) is 0 Å². The minimum Gasteiger partial charge on any atom is -0.411 e. The van der Waals surface area contributed by atoms with E-state index in [9.17, 15) is 5.21 Å². The van der Waals surface area contributed by atoms with Crippen molar-refractivity contribution in [1.29, 1.82) is 0 Å². The number of benzene rings is 1. The standard InChI is InChI=1S/C17H24N2O.ClH/c1-16(2)13-9-15(19-20)17(3,10-14(13)16)18-11-12-7-5-4-6-8-12;/h4-8,13-14,18,20H,9-11H2,1-3H3;1H/b19-15-;. The third-order valence-electron chi connectivity index (χ3n) is 5.61. The van der Waals surface area contributed by atoms with Gasteiger partial charge in [-0.2, -0.15) is 0 Å². The zero-order valence-electron chi connectivity index (χ0n) is 13.0. The quantitative estimate of drug-likeness (QED) is 0.658. The van der Waals surface area contributed by atoms with E-state index < -0.39 is 0 Å². The second kappa shape index (κ2) is 5.62. The number of hydrogen-bond acceptors (Lipinski definition) is 3. The van der Waals surface area contributed by atoms with E-state index in [4.69, 9.17) is 0 Å². The fraction of sp³-hybridized carbons (Fsp3) is 0.588. The van der Waals surface area contributed by atoms with Crippen molar-refractivity contribution >= 4 is 18.1 Å². The molecule has 3 unspecified atom stereocenters. The maximum atomic E-state index is 9.38. The monoisotopic (exact) mass is 308 g/mol. The van der Waals surface area contributed by atoms with Crippen LogP contribution in [-0.4, -0.2) is 16.5 Å². The Morgan fingerprint density at radius 2 is 1.86 bits per heavy atom. The van der Waals surface area contributed by atoms with Gasteiger partial charge in [0.2, 0.25) is 0 Å². The lowest BCUT2D eigenvalue weighted by Crippen LogP contribution is -2.51. The van der Waals surface area contributed by atoms with Crippen LogP contribution in [0, 0.1) is 17.3 Å². The van der Waals surface area contributed by atoms with Crippen LogP contribution in [0.5, 0.6) is 0 Å². The van der Waals surface area contributed by atoms with Crippen molar-refractivity contribution in [3.05, 3.63) is 35.9 Å². The average Bonchev–Trinajstić information content (AvgIpc) is 2.97. The Kier molecular flexibility index (Phi) is 4.36. The van der Waals surface area contributed by atoms with E-state index in [0.717, 1.165) is 31.0 Å². The number of oxime groups is 1. The van der Waals surface area contributed by atoms with Crippen molar-refractivity contribution < 1.29 is 5.21 Å². The van der Waals surface area contributed by atoms with Gasteiger partial charge in [-0.15, -0.1) is 12.4 Å². The molecule has 0 spiro atoms. The van der Waals surface area contributed by atoms with E-state index in [0.29, 0.717) is 11.3 Å². The summed E-state index contributed by atoms with van der Waals surface area (Å²) in [5.41, 5.74) is 2.41. The lowest BCUT2D eigenvalue weighted by Gasteiger charge is -2.35. The Morgan fingerprint density at radius 1 is 1.19 bits per heavy atom. The van der Waals surface area contributed by atoms with Gasteiger partial charge < -0.3 is 10.5 Å². The summed E-state index contributed by atoms with van der Waals surface area (Å²) < 4.78 is 0. The summed E-state index contributed by atoms with van der Waals surface area (Å²) in [6.45, 7) is 7.66. The van der Waals surface area contributed by atoms with Gasteiger partial charge in [0.1, 0.15) is 0 Å². The maximum Gasteiger partial charge on any atom is 0.0771 e. The van der Waals surface area contributed by atoms with Gasteiger partial charge in [-0.05, 0) is 42.6 Å². The van der Waals surface area contributed by atoms with Gasteiger partial charge in [-0.1, -0.05) is 49.3 Å². The molecule has 3 nitrogen and oxygen atoms in total. The normalized spacial score (nSPS) is 34.9. The summed E-state index contributed by atoms with van der Waals surface area (Å²) in [5.74, 6) is 1.45. The van der Waals surface area contributed by atoms with Crippen LogP contribution in [0.15, 0.2) is 35.5 Å². The minimum atomic E-state index is -0.181. The molecule has 116 valence electrons. The SMILES string of the molecule is CC1(NCc2ccccc2)CC2C(C/C1=N/O)C2(C)C.Cl. The van der Waals surface area contributed by atoms with E-state index in [1.807, 2.05) is 6.07 Å². The molecule has 0 saturated heterocycles. The molecule has 0 radical (unpaired) electrons. The first kappa shape index (κ1) is 16.3. The Balaban J connectivity index is 0.00000161. The molecular formula is C17H25ClN2O. The van der Waals surface area contributed by atoms with Gasteiger partial charge in [-0.3, -0.25) is 0 Å². The molecule has 4 heteroatoms. The first-order valence-corrected chi connectivity index (χ1v) is 7.48. The lowest BCUT2D eigenvalue weighted by molar-refractivity contribution is 0.293. The van der Waals surface area contributed by atoms with Gasteiger partial charge in [0.15, 0.2) is 0 Å². The highest BCUT2D eigenvalue weighted by Crippen LogP contribution is 2.65. The van der Waals surface area contributed by atoms with E-state index in [1.54, 1.807) is 0 Å². The Hall–Kier alpha value is -1.06. The molecule has 1 aromatic rings. The fourth-order valence-electron chi connectivity index (χ4n) is 3.88. The van der Waals surface area contributed by atoms with Gasteiger partial charge in [0, 0.05) is 6.54 Å². The fourth-order valence-corrected chi connectivity index (χ4v) is 3.88. The molecule has 3 atom stereocenters. The first-order valence-electron chi connectivity index (χ1n) is 7.48. The van der Waals surface area contributed by atoms with Crippen LogP contribution >= 0.6 is 12.4 Å². The number of fused-ring (bicyclic) bond motifs is 1. The number of nitrogens with one attached hydrogen (secondary N) is 1. The molecule has 2 fully saturated rings. The van der Waals surface area contributed by atoms with Gasteiger partial charge >= 0.3 is 0 Å². The van der Waals surface area contributed by atoms with E-state index in [2.05, 4.69) is 55.5 Å². The summed E-state index contributed by atoms with van der Waals surface area (Å²) in [7, 11) is 0. The van der Waals surface area contributed by atoms with Crippen LogP contribution in [0.25, 0.3) is 0 Å². The molecular weight excluding hydrogens is 284 g/mol. The van der Waals surface area contributed by atoms with Crippen molar-refractivity contribution in [1.82, 2.24) is 5.32 Å². The highest BCUT2D eigenvalue weighted by atomic mass is 35.5. The molecule has 1 aromatic carbocycles. The molecule has 21 heavy (non-hydrogen) atoms. The molecule has 2 aliphatic rings. The molecule has 0 amide bonds. The van der Waals surface area contributed by atoms with Gasteiger partial charge in [0.05, 0.1) is 11.3 Å². The van der Waals surface area contributed by atoms with Gasteiger partial charge in [-0.25, -0.2) is 0 Å². The van der Waals surface area contributed by atoms with Crippen molar-refractivity contribution in [2.75, 3.05) is 0 Å². The number of halogens is 1. The van der Waals surface area contributed by atoms with Crippen LogP contribution in [0.1, 0.15) is 39.2 Å². The largest absolute Gasteiger partial charge is 0.411 e. The van der Waals surface area contributed by atoms with Crippen molar-refractivity contribution in [2.24, 2.45) is 22.4 Å². The smallest absolute Gasteiger partial charge is 0.0771 e. The second-order valence-electron chi connectivity index (χ2n) is 7.16. The molecule has 0 aliphatic heterocycles. The predicted octanol–water partition coefficient (Wildman–Crippen LogP) is 3.85. The summed E-state index contributed by atoms with van der Waals surface area (Å²) in [5, 5.41) is 16.6. The Bertz CT molecular complexity index is 529. The van der Waals surface area contributed by atoms with Crippen LogP contribution in [0.3, 0.4) is 0 Å². The number of rotatable bonds is 3. The highest BCUT2D eigenvalue weighted by Gasteiger charge is 2.63. The minimum absolute atomic E-state index is 0. The molecule has 2 aliphatic carbocycles.